The summed E-state index contributed by atoms with van der Waals surface area (Å²) < 4.78 is 10.6. The zero-order chi connectivity index (χ0) is 18.6. The highest BCUT2D eigenvalue weighted by Crippen LogP contribution is 2.37. The minimum atomic E-state index is 0.138. The monoisotopic (exact) mass is 358 g/mol. The molecule has 1 aliphatic rings. The molecule has 4 heteroatoms. The minimum absolute atomic E-state index is 0.138. The molecule has 1 heterocycles. The molecule has 0 aliphatic carbocycles. The van der Waals surface area contributed by atoms with Crippen molar-refractivity contribution in [3.63, 3.8) is 0 Å². The second kappa shape index (κ2) is 7.54. The Morgan fingerprint density at radius 1 is 0.778 bits per heavy atom. The molecule has 1 atom stereocenters. The van der Waals surface area contributed by atoms with Gasteiger partial charge in [0.25, 0.3) is 0 Å². The van der Waals surface area contributed by atoms with Gasteiger partial charge in [0.1, 0.15) is 11.5 Å². The molecule has 0 saturated carbocycles. The van der Waals surface area contributed by atoms with E-state index < -0.39 is 0 Å². The summed E-state index contributed by atoms with van der Waals surface area (Å²) in [5.74, 6) is 1.70. The lowest BCUT2D eigenvalue weighted by Crippen LogP contribution is -2.18. The minimum Gasteiger partial charge on any atom is -0.497 e. The van der Waals surface area contributed by atoms with Gasteiger partial charge in [-0.05, 0) is 47.5 Å². The fourth-order valence-electron chi connectivity index (χ4n) is 3.37. The molecule has 3 aromatic carbocycles. The lowest BCUT2D eigenvalue weighted by Gasteiger charge is -2.24. The lowest BCUT2D eigenvalue weighted by atomic mass is 9.98. The van der Waals surface area contributed by atoms with Crippen LogP contribution in [0.15, 0.2) is 84.0 Å². The summed E-state index contributed by atoms with van der Waals surface area (Å²) in [6.45, 7) is 0. The Hall–Kier alpha value is -3.27. The maximum Gasteiger partial charge on any atom is 0.119 e. The Balaban J connectivity index is 1.71. The van der Waals surface area contributed by atoms with Crippen LogP contribution in [-0.2, 0) is 0 Å². The first kappa shape index (κ1) is 17.2. The van der Waals surface area contributed by atoms with Gasteiger partial charge in [-0.2, -0.15) is 5.10 Å². The zero-order valence-electron chi connectivity index (χ0n) is 15.5. The van der Waals surface area contributed by atoms with Crippen molar-refractivity contribution < 1.29 is 9.47 Å². The molecule has 0 spiro atoms. The van der Waals surface area contributed by atoms with E-state index in [-0.39, 0.29) is 6.04 Å². The molecule has 1 unspecified atom stereocenters. The number of hydrogen-bond acceptors (Lipinski definition) is 4. The highest BCUT2D eigenvalue weighted by molar-refractivity contribution is 6.03. The fraction of sp³-hybridized carbons (Fsp3) is 0.174. The van der Waals surface area contributed by atoms with Crippen LogP contribution in [0.4, 0.5) is 5.69 Å². The van der Waals surface area contributed by atoms with E-state index in [1.165, 1.54) is 5.56 Å². The third-order valence-corrected chi connectivity index (χ3v) is 4.85. The molecule has 0 N–H and O–H groups in total. The van der Waals surface area contributed by atoms with Crippen LogP contribution >= 0.6 is 0 Å². The number of hydrogen-bond donors (Lipinski definition) is 0. The van der Waals surface area contributed by atoms with Crippen molar-refractivity contribution in [2.75, 3.05) is 19.2 Å². The van der Waals surface area contributed by atoms with Crippen LogP contribution in [0.3, 0.4) is 0 Å². The van der Waals surface area contributed by atoms with Gasteiger partial charge in [-0.15, -0.1) is 0 Å². The molecular weight excluding hydrogens is 336 g/mol. The number of nitrogens with zero attached hydrogens (tertiary/aromatic N) is 2. The summed E-state index contributed by atoms with van der Waals surface area (Å²) in [4.78, 5) is 0. The summed E-state index contributed by atoms with van der Waals surface area (Å²) in [6.07, 6.45) is 0.850. The van der Waals surface area contributed by atoms with E-state index in [1.54, 1.807) is 14.2 Å². The van der Waals surface area contributed by atoms with E-state index >= 15 is 0 Å². The van der Waals surface area contributed by atoms with E-state index in [4.69, 9.17) is 14.6 Å². The Kier molecular flexibility index (Phi) is 4.79. The van der Waals surface area contributed by atoms with Gasteiger partial charge in [-0.25, -0.2) is 0 Å². The summed E-state index contributed by atoms with van der Waals surface area (Å²) in [7, 11) is 3.36. The number of hydrazone groups is 1. The average Bonchev–Trinajstić information content (AvgIpc) is 3.20. The van der Waals surface area contributed by atoms with Crippen molar-refractivity contribution in [3.05, 3.63) is 90.0 Å². The molecule has 27 heavy (non-hydrogen) atoms. The topological polar surface area (TPSA) is 34.1 Å². The molecule has 136 valence electrons. The molecule has 4 nitrogen and oxygen atoms in total. The number of rotatable bonds is 5. The van der Waals surface area contributed by atoms with Gasteiger partial charge >= 0.3 is 0 Å². The summed E-state index contributed by atoms with van der Waals surface area (Å²) in [5, 5.41) is 7.06. The van der Waals surface area contributed by atoms with Crippen LogP contribution in [0.5, 0.6) is 11.5 Å². The Morgan fingerprint density at radius 2 is 1.37 bits per heavy atom. The Bertz CT molecular complexity index is 919. The predicted octanol–water partition coefficient (Wildman–Crippen LogP) is 5.06. The second-order valence-electron chi connectivity index (χ2n) is 6.45. The van der Waals surface area contributed by atoms with Crippen LogP contribution < -0.4 is 14.5 Å². The van der Waals surface area contributed by atoms with Gasteiger partial charge in [0, 0.05) is 6.42 Å². The van der Waals surface area contributed by atoms with Crippen molar-refractivity contribution in [2.24, 2.45) is 5.10 Å². The summed E-state index contributed by atoms with van der Waals surface area (Å²) >= 11 is 0. The SMILES string of the molecule is COc1ccc(C2CC(c3ccccc3)=NN2c2ccc(OC)cc2)cc1. The van der Waals surface area contributed by atoms with E-state index in [2.05, 4.69) is 41.4 Å². The molecule has 4 rings (SSSR count). The van der Waals surface area contributed by atoms with Crippen molar-refractivity contribution in [1.29, 1.82) is 0 Å². The van der Waals surface area contributed by atoms with E-state index in [9.17, 15) is 0 Å². The highest BCUT2D eigenvalue weighted by Gasteiger charge is 2.29. The van der Waals surface area contributed by atoms with Crippen molar-refractivity contribution in [3.8, 4) is 11.5 Å². The van der Waals surface area contributed by atoms with Crippen LogP contribution in [0.25, 0.3) is 0 Å². The standard InChI is InChI=1S/C23H22N2O2/c1-26-20-12-8-18(9-13-20)23-16-22(17-6-4-3-5-7-17)24-25(23)19-10-14-21(27-2)15-11-19/h3-15,23H,16H2,1-2H3. The molecular formula is C23H22N2O2. The largest absolute Gasteiger partial charge is 0.497 e. The highest BCUT2D eigenvalue weighted by atomic mass is 16.5. The Labute approximate surface area is 159 Å². The third kappa shape index (κ3) is 3.51. The molecule has 0 fully saturated rings. The average molecular weight is 358 g/mol. The second-order valence-corrected chi connectivity index (χ2v) is 6.45. The van der Waals surface area contributed by atoms with Gasteiger partial charge < -0.3 is 9.47 Å². The Morgan fingerprint density at radius 3 is 1.96 bits per heavy atom. The molecule has 1 aliphatic heterocycles. The van der Waals surface area contributed by atoms with Crippen LogP contribution in [0, 0.1) is 0 Å². The first-order valence-electron chi connectivity index (χ1n) is 8.98. The predicted molar refractivity (Wildman–Crippen MR) is 109 cm³/mol. The molecule has 0 amide bonds. The van der Waals surface area contributed by atoms with E-state index in [0.29, 0.717) is 0 Å². The van der Waals surface area contributed by atoms with E-state index in [1.807, 2.05) is 42.5 Å². The van der Waals surface area contributed by atoms with E-state index in [0.717, 1.165) is 34.9 Å². The van der Waals surface area contributed by atoms with Gasteiger partial charge in [-0.3, -0.25) is 5.01 Å². The van der Waals surface area contributed by atoms with Gasteiger partial charge in [0.15, 0.2) is 0 Å². The number of anilines is 1. The number of benzene rings is 3. The fourth-order valence-corrected chi connectivity index (χ4v) is 3.37. The summed E-state index contributed by atoms with van der Waals surface area (Å²) in [6, 6.07) is 26.8. The van der Waals surface area contributed by atoms with Crippen molar-refractivity contribution in [2.45, 2.75) is 12.5 Å². The molecule has 0 bridgehead atoms. The lowest BCUT2D eigenvalue weighted by molar-refractivity contribution is 0.414. The van der Waals surface area contributed by atoms with Crippen LogP contribution in [0.1, 0.15) is 23.6 Å². The first-order chi connectivity index (χ1) is 13.3. The molecule has 0 radical (unpaired) electrons. The zero-order valence-corrected chi connectivity index (χ0v) is 15.5. The maximum atomic E-state index is 5.30. The molecule has 3 aromatic rings. The quantitative estimate of drug-likeness (QED) is 0.639. The van der Waals surface area contributed by atoms with Crippen LogP contribution in [0.2, 0.25) is 0 Å². The van der Waals surface area contributed by atoms with Gasteiger partial charge in [-0.1, -0.05) is 42.5 Å². The smallest absolute Gasteiger partial charge is 0.119 e. The maximum absolute atomic E-state index is 5.30. The summed E-state index contributed by atoms with van der Waals surface area (Å²) in [5.41, 5.74) is 4.50. The van der Waals surface area contributed by atoms with Crippen molar-refractivity contribution >= 4 is 11.4 Å². The number of ether oxygens (including phenoxy) is 2. The first-order valence-corrected chi connectivity index (χ1v) is 8.98. The normalized spacial score (nSPS) is 16.1. The van der Waals surface area contributed by atoms with Gasteiger partial charge in [0.2, 0.25) is 0 Å². The third-order valence-electron chi connectivity index (χ3n) is 4.85. The van der Waals surface area contributed by atoms with Gasteiger partial charge in [0.05, 0.1) is 31.7 Å². The molecule has 0 aromatic heterocycles. The molecule has 0 saturated heterocycles. The number of methoxy groups -OCH3 is 2. The van der Waals surface area contributed by atoms with Crippen molar-refractivity contribution in [1.82, 2.24) is 0 Å². The van der Waals surface area contributed by atoms with Crippen LogP contribution in [-0.4, -0.2) is 19.9 Å².